The smallest absolute Gasteiger partial charge is 0.225 e. The van der Waals surface area contributed by atoms with Gasteiger partial charge >= 0.3 is 0 Å². The van der Waals surface area contributed by atoms with Gasteiger partial charge in [-0.15, -0.1) is 0 Å². The van der Waals surface area contributed by atoms with Crippen molar-refractivity contribution in [3.8, 4) is 0 Å². The predicted molar refractivity (Wildman–Crippen MR) is 120 cm³/mol. The average molecular weight is 419 g/mol. The van der Waals surface area contributed by atoms with Crippen LogP contribution in [0.1, 0.15) is 34.0 Å². The van der Waals surface area contributed by atoms with E-state index in [2.05, 4.69) is 39.0 Å². The van der Waals surface area contributed by atoms with Crippen molar-refractivity contribution in [2.45, 2.75) is 18.8 Å². The quantitative estimate of drug-likeness (QED) is 0.632. The molecule has 0 saturated carbocycles. The van der Waals surface area contributed by atoms with Gasteiger partial charge in [0.1, 0.15) is 0 Å². The minimum absolute atomic E-state index is 0.122. The summed E-state index contributed by atoms with van der Waals surface area (Å²) in [7, 11) is 0. The van der Waals surface area contributed by atoms with Crippen molar-refractivity contribution >= 4 is 29.0 Å². The Morgan fingerprint density at radius 3 is 2.30 bits per heavy atom. The van der Waals surface area contributed by atoms with Crippen LogP contribution in [0.2, 0.25) is 5.02 Å². The Labute approximate surface area is 181 Å². The molecule has 6 heteroatoms. The van der Waals surface area contributed by atoms with Gasteiger partial charge in [0.05, 0.1) is 11.3 Å². The fourth-order valence-corrected chi connectivity index (χ4v) is 4.49. The zero-order valence-electron chi connectivity index (χ0n) is 16.7. The lowest BCUT2D eigenvalue weighted by Crippen LogP contribution is -2.47. The molecule has 2 aliphatic rings. The number of para-hydroxylation sites is 1. The maximum absolute atomic E-state index is 12.7. The monoisotopic (exact) mass is 418 g/mol. The van der Waals surface area contributed by atoms with E-state index >= 15 is 0 Å². The van der Waals surface area contributed by atoms with Crippen LogP contribution in [0.25, 0.3) is 0 Å². The molecule has 0 bridgehead atoms. The number of anilines is 2. The number of aromatic nitrogens is 2. The van der Waals surface area contributed by atoms with Crippen molar-refractivity contribution in [2.24, 2.45) is 0 Å². The van der Waals surface area contributed by atoms with E-state index in [1.54, 1.807) is 6.20 Å². The number of piperazine rings is 1. The third kappa shape index (κ3) is 3.77. The third-order valence-corrected chi connectivity index (χ3v) is 6.30. The normalized spacial score (nSPS) is 19.0. The van der Waals surface area contributed by atoms with E-state index in [-0.39, 0.29) is 11.7 Å². The zero-order chi connectivity index (χ0) is 20.5. The van der Waals surface area contributed by atoms with Crippen LogP contribution in [-0.2, 0) is 6.42 Å². The molecule has 30 heavy (non-hydrogen) atoms. The molecule has 0 unspecified atom stereocenters. The lowest BCUT2D eigenvalue weighted by atomic mass is 9.82. The Kier molecular flexibility index (Phi) is 5.13. The summed E-state index contributed by atoms with van der Waals surface area (Å²) in [4.78, 5) is 26.7. The largest absolute Gasteiger partial charge is 0.368 e. The van der Waals surface area contributed by atoms with Crippen LogP contribution in [0.3, 0.4) is 0 Å². The fourth-order valence-electron chi connectivity index (χ4n) is 4.36. The van der Waals surface area contributed by atoms with Crippen molar-refractivity contribution in [1.29, 1.82) is 0 Å². The van der Waals surface area contributed by atoms with Gasteiger partial charge in [-0.25, -0.2) is 9.97 Å². The van der Waals surface area contributed by atoms with Gasteiger partial charge in [0.25, 0.3) is 0 Å². The average Bonchev–Trinajstić information content (AvgIpc) is 2.80. The van der Waals surface area contributed by atoms with Crippen LogP contribution >= 0.6 is 11.6 Å². The summed E-state index contributed by atoms with van der Waals surface area (Å²) in [6.45, 7) is 3.58. The van der Waals surface area contributed by atoms with Gasteiger partial charge in [-0.1, -0.05) is 41.9 Å². The van der Waals surface area contributed by atoms with Gasteiger partial charge in [0, 0.05) is 49.5 Å². The van der Waals surface area contributed by atoms with Crippen molar-refractivity contribution < 1.29 is 4.79 Å². The summed E-state index contributed by atoms with van der Waals surface area (Å²) >= 11 is 6.02. The van der Waals surface area contributed by atoms with E-state index in [1.807, 2.05) is 30.3 Å². The number of nitrogens with zero attached hydrogens (tertiary/aromatic N) is 4. The standard InChI is InChI=1S/C24H23ClN4O/c25-19-8-6-17(7-9-19)18-14-22-21(23(30)15-18)16-26-24(27-22)29-12-10-28(11-13-29)20-4-2-1-3-5-20/h1-9,16,18H,10-15H2/t18-/m1/s1. The first-order valence-corrected chi connectivity index (χ1v) is 10.7. The van der Waals surface area contributed by atoms with Crippen LogP contribution in [0.15, 0.2) is 60.8 Å². The molecule has 1 aromatic heterocycles. The lowest BCUT2D eigenvalue weighted by molar-refractivity contribution is 0.0962. The molecule has 0 spiro atoms. The second-order valence-electron chi connectivity index (χ2n) is 7.92. The molecule has 1 fully saturated rings. The molecule has 1 saturated heterocycles. The van der Waals surface area contributed by atoms with Gasteiger partial charge in [0.2, 0.25) is 5.95 Å². The third-order valence-electron chi connectivity index (χ3n) is 6.05. The van der Waals surface area contributed by atoms with Crippen LogP contribution in [-0.4, -0.2) is 41.9 Å². The molecule has 2 aromatic carbocycles. The first kappa shape index (κ1) is 19.1. The lowest BCUT2D eigenvalue weighted by Gasteiger charge is -2.36. The summed E-state index contributed by atoms with van der Waals surface area (Å²) in [6, 6.07) is 18.3. The number of hydrogen-bond donors (Lipinski definition) is 0. The Morgan fingerprint density at radius 1 is 0.867 bits per heavy atom. The predicted octanol–water partition coefficient (Wildman–Crippen LogP) is 4.37. The highest BCUT2D eigenvalue weighted by molar-refractivity contribution is 6.30. The summed E-state index contributed by atoms with van der Waals surface area (Å²) < 4.78 is 0. The van der Waals surface area contributed by atoms with Gasteiger partial charge in [-0.3, -0.25) is 4.79 Å². The second kappa shape index (κ2) is 8.07. The van der Waals surface area contributed by atoms with Crippen molar-refractivity contribution in [3.05, 3.63) is 82.6 Å². The van der Waals surface area contributed by atoms with Crippen LogP contribution in [0, 0.1) is 0 Å². The SMILES string of the molecule is O=C1C[C@H](c2ccc(Cl)cc2)Cc2nc(N3CCN(c4ccccc4)CC3)ncc21. The first-order valence-electron chi connectivity index (χ1n) is 10.4. The number of carbonyl (C=O) groups excluding carboxylic acids is 1. The molecule has 2 heterocycles. The van der Waals surface area contributed by atoms with E-state index in [0.29, 0.717) is 17.0 Å². The molecule has 3 aromatic rings. The second-order valence-corrected chi connectivity index (χ2v) is 8.36. The first-order chi connectivity index (χ1) is 14.7. The maximum Gasteiger partial charge on any atom is 0.225 e. The topological polar surface area (TPSA) is 49.3 Å². The molecule has 1 aliphatic carbocycles. The van der Waals surface area contributed by atoms with E-state index in [0.717, 1.165) is 49.8 Å². The van der Waals surface area contributed by atoms with Crippen LogP contribution in [0.5, 0.6) is 0 Å². The summed E-state index contributed by atoms with van der Waals surface area (Å²) in [5.41, 5.74) is 3.92. The number of ketones is 1. The Bertz CT molecular complexity index is 1050. The molecule has 0 amide bonds. The van der Waals surface area contributed by atoms with Gasteiger partial charge in [0.15, 0.2) is 5.78 Å². The number of benzene rings is 2. The Hall–Kier alpha value is -2.92. The molecule has 0 radical (unpaired) electrons. The van der Waals surface area contributed by atoms with Crippen LogP contribution < -0.4 is 9.80 Å². The summed E-state index contributed by atoms with van der Waals surface area (Å²) in [5, 5.41) is 0.709. The van der Waals surface area contributed by atoms with Crippen molar-refractivity contribution in [1.82, 2.24) is 9.97 Å². The fraction of sp³-hybridized carbons (Fsp3) is 0.292. The van der Waals surface area contributed by atoms with Gasteiger partial charge in [-0.2, -0.15) is 0 Å². The van der Waals surface area contributed by atoms with E-state index in [1.165, 1.54) is 5.69 Å². The Balaban J connectivity index is 1.32. The molecule has 1 aliphatic heterocycles. The van der Waals surface area contributed by atoms with Gasteiger partial charge in [-0.05, 0) is 42.2 Å². The maximum atomic E-state index is 12.7. The highest BCUT2D eigenvalue weighted by Crippen LogP contribution is 2.33. The van der Waals surface area contributed by atoms with E-state index in [4.69, 9.17) is 16.6 Å². The molecule has 152 valence electrons. The number of rotatable bonds is 3. The molecular weight excluding hydrogens is 396 g/mol. The van der Waals surface area contributed by atoms with Gasteiger partial charge < -0.3 is 9.80 Å². The number of fused-ring (bicyclic) bond motifs is 1. The molecular formula is C24H23ClN4O. The minimum Gasteiger partial charge on any atom is -0.368 e. The highest BCUT2D eigenvalue weighted by Gasteiger charge is 2.29. The Morgan fingerprint density at radius 2 is 1.57 bits per heavy atom. The summed E-state index contributed by atoms with van der Waals surface area (Å²) in [5.74, 6) is 0.989. The summed E-state index contributed by atoms with van der Waals surface area (Å²) in [6.07, 6.45) is 2.97. The van der Waals surface area contributed by atoms with Crippen LogP contribution in [0.4, 0.5) is 11.6 Å². The van der Waals surface area contributed by atoms with E-state index in [9.17, 15) is 4.79 Å². The van der Waals surface area contributed by atoms with Crippen molar-refractivity contribution in [2.75, 3.05) is 36.0 Å². The molecule has 5 rings (SSSR count). The molecule has 1 atom stereocenters. The van der Waals surface area contributed by atoms with E-state index < -0.39 is 0 Å². The van der Waals surface area contributed by atoms with Crippen molar-refractivity contribution in [3.63, 3.8) is 0 Å². The number of hydrogen-bond acceptors (Lipinski definition) is 5. The highest BCUT2D eigenvalue weighted by atomic mass is 35.5. The number of halogens is 1. The zero-order valence-corrected chi connectivity index (χ0v) is 17.4. The molecule has 5 nitrogen and oxygen atoms in total. The number of Topliss-reactive ketones (excluding diaryl/α,β-unsaturated/α-hetero) is 1. The minimum atomic E-state index is 0.122. The molecule has 0 N–H and O–H groups in total. The number of carbonyl (C=O) groups is 1.